The molecule has 0 unspecified atom stereocenters. The van der Waals surface area contributed by atoms with E-state index in [0.717, 1.165) is 0 Å². The number of nitrogens with zero attached hydrogens (tertiary/aromatic N) is 1. The van der Waals surface area contributed by atoms with Gasteiger partial charge < -0.3 is 9.52 Å². The molecule has 1 N–H and O–H groups in total. The van der Waals surface area contributed by atoms with Crippen LogP contribution in [0.4, 0.5) is 22.0 Å². The molecule has 2 atom stereocenters. The van der Waals surface area contributed by atoms with Gasteiger partial charge in [0.1, 0.15) is 11.5 Å². The normalized spacial score (nSPS) is 20.9. The Labute approximate surface area is 164 Å². The molecule has 3 rings (SSSR count). The van der Waals surface area contributed by atoms with Crippen molar-refractivity contribution >= 4 is 21.9 Å². The van der Waals surface area contributed by atoms with Crippen LogP contribution in [0.5, 0.6) is 0 Å². The molecule has 1 aromatic carbocycles. The second-order valence-electron chi connectivity index (χ2n) is 6.65. The molecule has 1 heterocycles. The molecule has 28 heavy (non-hydrogen) atoms. The van der Waals surface area contributed by atoms with Gasteiger partial charge in [0.15, 0.2) is 0 Å². The van der Waals surface area contributed by atoms with Gasteiger partial charge in [-0.25, -0.2) is 4.98 Å². The molecule has 1 saturated carbocycles. The first-order chi connectivity index (χ1) is 13.0. The number of hydrogen-bond acceptors (Lipinski definition) is 3. The largest absolute Gasteiger partial charge is 0.481 e. The minimum Gasteiger partial charge on any atom is -0.481 e. The molecule has 10 heteroatoms. The zero-order valence-electron chi connectivity index (χ0n) is 14.3. The van der Waals surface area contributed by atoms with Crippen LogP contribution in [-0.2, 0) is 10.7 Å². The molecule has 0 spiro atoms. The lowest BCUT2D eigenvalue weighted by molar-refractivity contribution is -0.297. The van der Waals surface area contributed by atoms with Gasteiger partial charge in [-0.1, -0.05) is 40.9 Å². The molecule has 0 aliphatic heterocycles. The van der Waals surface area contributed by atoms with Crippen LogP contribution >= 0.6 is 15.9 Å². The van der Waals surface area contributed by atoms with E-state index in [1.54, 1.807) is 12.1 Å². The zero-order valence-corrected chi connectivity index (χ0v) is 15.9. The number of carbonyl (C=O) groups is 1. The van der Waals surface area contributed by atoms with E-state index in [-0.39, 0.29) is 23.4 Å². The fraction of sp³-hybridized carbons (Fsp3) is 0.444. The van der Waals surface area contributed by atoms with Crippen molar-refractivity contribution in [2.45, 2.75) is 43.7 Å². The smallest absolute Gasteiger partial charge is 0.463 e. The van der Waals surface area contributed by atoms with Gasteiger partial charge in [0, 0.05) is 16.0 Å². The first-order valence-corrected chi connectivity index (χ1v) is 9.26. The maximum Gasteiger partial charge on any atom is 0.463 e. The van der Waals surface area contributed by atoms with Crippen molar-refractivity contribution in [3.05, 3.63) is 40.4 Å². The van der Waals surface area contributed by atoms with Gasteiger partial charge in [-0.05, 0) is 25.0 Å². The van der Waals surface area contributed by atoms with E-state index in [2.05, 4.69) is 20.9 Å². The number of carboxylic acid groups (broad SMARTS) is 1. The third-order valence-electron chi connectivity index (χ3n) is 4.82. The van der Waals surface area contributed by atoms with Gasteiger partial charge in [-0.2, -0.15) is 22.0 Å². The summed E-state index contributed by atoms with van der Waals surface area (Å²) in [6.07, 6.45) is -4.07. The highest BCUT2D eigenvalue weighted by Crippen LogP contribution is 2.48. The maximum atomic E-state index is 13.9. The Morgan fingerprint density at radius 3 is 2.29 bits per heavy atom. The molecular weight excluding hydrogens is 453 g/mol. The highest BCUT2D eigenvalue weighted by Gasteiger charge is 2.63. The number of oxazole rings is 1. The summed E-state index contributed by atoms with van der Waals surface area (Å²) in [6.45, 7) is 0. The van der Waals surface area contributed by atoms with Crippen molar-refractivity contribution in [1.82, 2.24) is 4.98 Å². The van der Waals surface area contributed by atoms with Gasteiger partial charge in [0.25, 0.3) is 5.89 Å². The topological polar surface area (TPSA) is 63.3 Å². The number of alkyl halides is 5. The summed E-state index contributed by atoms with van der Waals surface area (Å²) >= 11 is 3.21. The fourth-order valence-corrected chi connectivity index (χ4v) is 3.66. The van der Waals surface area contributed by atoms with Crippen LogP contribution in [0.1, 0.15) is 43.3 Å². The molecule has 1 aromatic heterocycles. The number of halogens is 6. The maximum absolute atomic E-state index is 13.9. The minimum absolute atomic E-state index is 0.190. The summed E-state index contributed by atoms with van der Waals surface area (Å²) in [6, 6.07) is 6.12. The summed E-state index contributed by atoms with van der Waals surface area (Å²) < 4.78 is 71.8. The number of carboxylic acids is 1. The van der Waals surface area contributed by atoms with Gasteiger partial charge in [-0.15, -0.1) is 0 Å². The van der Waals surface area contributed by atoms with Gasteiger partial charge in [0.05, 0.1) is 5.92 Å². The van der Waals surface area contributed by atoms with Gasteiger partial charge >= 0.3 is 18.1 Å². The molecule has 0 saturated heterocycles. The van der Waals surface area contributed by atoms with E-state index in [1.165, 1.54) is 12.1 Å². The highest BCUT2D eigenvalue weighted by molar-refractivity contribution is 9.10. The van der Waals surface area contributed by atoms with Crippen LogP contribution in [-0.4, -0.2) is 22.2 Å². The summed E-state index contributed by atoms with van der Waals surface area (Å²) in [7, 11) is 0. The second kappa shape index (κ2) is 7.46. The number of rotatable bonds is 4. The third kappa shape index (κ3) is 3.78. The molecular formula is C18H15BrF5NO3. The van der Waals surface area contributed by atoms with Crippen LogP contribution in [0.3, 0.4) is 0 Å². The standard InChI is InChI=1S/C18H15BrF5NO3/c19-10-7-5-9(6-8-10)13-14(11-3-1-2-4-12(11)15(26)27)28-16(25-13)17(20,21)18(22,23)24/h5-8,11-12H,1-4H2,(H,26,27)/t11-,12-/m1/s1. The molecule has 0 amide bonds. The lowest BCUT2D eigenvalue weighted by Crippen LogP contribution is -2.34. The lowest BCUT2D eigenvalue weighted by atomic mass is 9.77. The van der Waals surface area contributed by atoms with E-state index in [9.17, 15) is 31.9 Å². The third-order valence-corrected chi connectivity index (χ3v) is 5.34. The molecule has 4 nitrogen and oxygen atoms in total. The second-order valence-corrected chi connectivity index (χ2v) is 7.56. The first kappa shape index (κ1) is 20.8. The van der Waals surface area contributed by atoms with Crippen molar-refractivity contribution in [2.75, 3.05) is 0 Å². The molecule has 1 aliphatic rings. The highest BCUT2D eigenvalue weighted by atomic mass is 79.9. The van der Waals surface area contributed by atoms with E-state index in [4.69, 9.17) is 4.42 Å². The Kier molecular flexibility index (Phi) is 5.53. The molecule has 1 fully saturated rings. The average molecular weight is 468 g/mol. The van der Waals surface area contributed by atoms with Crippen molar-refractivity contribution in [2.24, 2.45) is 5.92 Å². The Hall–Kier alpha value is -1.97. The predicted octanol–water partition coefficient (Wildman–Crippen LogP) is 6.12. The Morgan fingerprint density at radius 1 is 1.11 bits per heavy atom. The van der Waals surface area contributed by atoms with Crippen molar-refractivity contribution in [1.29, 1.82) is 0 Å². The minimum atomic E-state index is -5.88. The van der Waals surface area contributed by atoms with Crippen LogP contribution in [0, 0.1) is 5.92 Å². The van der Waals surface area contributed by atoms with Crippen molar-refractivity contribution < 1.29 is 36.3 Å². The molecule has 152 valence electrons. The Morgan fingerprint density at radius 2 is 1.71 bits per heavy atom. The summed E-state index contributed by atoms with van der Waals surface area (Å²) in [4.78, 5) is 15.1. The van der Waals surface area contributed by atoms with Gasteiger partial charge in [0.2, 0.25) is 0 Å². The van der Waals surface area contributed by atoms with Crippen LogP contribution < -0.4 is 0 Å². The van der Waals surface area contributed by atoms with Crippen molar-refractivity contribution in [3.8, 4) is 11.3 Å². The Bertz CT molecular complexity index is 863. The number of aromatic nitrogens is 1. The zero-order chi connectivity index (χ0) is 20.7. The number of benzene rings is 1. The molecule has 2 aromatic rings. The molecule has 0 bridgehead atoms. The SMILES string of the molecule is O=C(O)[C@@H]1CCCC[C@H]1c1oc(C(F)(F)C(F)(F)F)nc1-c1ccc(Br)cc1. The number of aliphatic carboxylic acids is 1. The quantitative estimate of drug-likeness (QED) is 0.550. The van der Waals surface area contributed by atoms with Crippen LogP contribution in [0.25, 0.3) is 11.3 Å². The van der Waals surface area contributed by atoms with Crippen LogP contribution in [0.15, 0.2) is 33.2 Å². The summed E-state index contributed by atoms with van der Waals surface area (Å²) in [5.74, 6) is -10.2. The predicted molar refractivity (Wildman–Crippen MR) is 91.9 cm³/mol. The molecule has 1 aliphatic carbocycles. The monoisotopic (exact) mass is 467 g/mol. The van der Waals surface area contributed by atoms with E-state index >= 15 is 0 Å². The Balaban J connectivity index is 2.16. The summed E-state index contributed by atoms with van der Waals surface area (Å²) in [5, 5.41) is 9.47. The summed E-state index contributed by atoms with van der Waals surface area (Å²) in [5.41, 5.74) is 0.0745. The molecule has 0 radical (unpaired) electrons. The van der Waals surface area contributed by atoms with Gasteiger partial charge in [-0.3, -0.25) is 4.79 Å². The van der Waals surface area contributed by atoms with E-state index in [0.29, 0.717) is 23.7 Å². The average Bonchev–Trinajstić information content (AvgIpc) is 3.07. The number of hydrogen-bond donors (Lipinski definition) is 1. The fourth-order valence-electron chi connectivity index (χ4n) is 3.39. The lowest BCUT2D eigenvalue weighted by Gasteiger charge is -2.27. The first-order valence-electron chi connectivity index (χ1n) is 8.47. The van der Waals surface area contributed by atoms with Crippen molar-refractivity contribution in [3.63, 3.8) is 0 Å². The van der Waals surface area contributed by atoms with Crippen LogP contribution in [0.2, 0.25) is 0 Å². The van der Waals surface area contributed by atoms with E-state index in [1.807, 2.05) is 0 Å². The van der Waals surface area contributed by atoms with E-state index < -0.39 is 35.8 Å².